The third-order valence-corrected chi connectivity index (χ3v) is 3.78. The molecule has 0 fully saturated rings. The fourth-order valence-electron chi connectivity index (χ4n) is 1.62. The molecule has 0 radical (unpaired) electrons. The number of hydrogen-bond donors (Lipinski definition) is 0. The van der Waals surface area contributed by atoms with Gasteiger partial charge in [0.25, 0.3) is 0 Å². The van der Waals surface area contributed by atoms with Gasteiger partial charge in [0.2, 0.25) is 0 Å². The van der Waals surface area contributed by atoms with Gasteiger partial charge in [-0.1, -0.05) is 0 Å². The van der Waals surface area contributed by atoms with Crippen molar-refractivity contribution in [1.82, 2.24) is 4.90 Å². The van der Waals surface area contributed by atoms with Crippen LogP contribution in [0.4, 0.5) is 0 Å². The summed E-state index contributed by atoms with van der Waals surface area (Å²) in [4.78, 5) is 14.2. The molecule has 1 rings (SSSR count). The summed E-state index contributed by atoms with van der Waals surface area (Å²) < 4.78 is 5.08. The number of hydrogen-bond acceptors (Lipinski definition) is 4. The van der Waals surface area contributed by atoms with Gasteiger partial charge in [-0.3, -0.25) is 9.69 Å². The molecule has 4 heteroatoms. The van der Waals surface area contributed by atoms with Crippen LogP contribution in [0.5, 0.6) is 5.75 Å². The molecule has 3 nitrogen and oxygen atoms in total. The summed E-state index contributed by atoms with van der Waals surface area (Å²) >= 11 is 1.80. The lowest BCUT2D eigenvalue weighted by atomic mass is 10.1. The second kappa shape index (κ2) is 7.44. The van der Waals surface area contributed by atoms with Gasteiger partial charge in [0.1, 0.15) is 5.75 Å². The summed E-state index contributed by atoms with van der Waals surface area (Å²) in [5.74, 6) is 1.95. The normalized spacial score (nSPS) is 12.5. The number of Topliss-reactive ketones (excluding diaryl/α,β-unsaturated/α-hetero) is 1. The van der Waals surface area contributed by atoms with Gasteiger partial charge in [0, 0.05) is 17.4 Å². The molecule has 1 aromatic carbocycles. The third-order valence-electron chi connectivity index (χ3n) is 2.97. The maximum absolute atomic E-state index is 12.1. The maximum Gasteiger partial charge on any atom is 0.176 e. The van der Waals surface area contributed by atoms with Crippen molar-refractivity contribution < 1.29 is 9.53 Å². The molecule has 1 unspecified atom stereocenters. The first-order valence-corrected chi connectivity index (χ1v) is 7.34. The standard InChI is InChI=1S/C14H21NO2S/c1-11(10-18-4)15(2)9-14(16)12-5-7-13(17-3)8-6-12/h5-8,11H,9-10H2,1-4H3. The Balaban J connectivity index is 2.58. The quantitative estimate of drug-likeness (QED) is 0.710. The Kier molecular flexibility index (Phi) is 6.22. The number of likely N-dealkylation sites (N-methyl/N-ethyl adjacent to an activating group) is 1. The van der Waals surface area contributed by atoms with Crippen molar-refractivity contribution in [3.63, 3.8) is 0 Å². The van der Waals surface area contributed by atoms with Gasteiger partial charge in [-0.2, -0.15) is 11.8 Å². The first kappa shape index (κ1) is 15.1. The summed E-state index contributed by atoms with van der Waals surface area (Å²) in [5, 5.41) is 0. The minimum absolute atomic E-state index is 0.146. The van der Waals surface area contributed by atoms with Crippen LogP contribution in [0.25, 0.3) is 0 Å². The summed E-state index contributed by atoms with van der Waals surface area (Å²) in [5.41, 5.74) is 0.735. The number of methoxy groups -OCH3 is 1. The van der Waals surface area contributed by atoms with E-state index < -0.39 is 0 Å². The van der Waals surface area contributed by atoms with Gasteiger partial charge in [-0.15, -0.1) is 0 Å². The zero-order valence-electron chi connectivity index (χ0n) is 11.5. The van der Waals surface area contributed by atoms with Crippen molar-refractivity contribution >= 4 is 17.5 Å². The molecule has 0 aliphatic rings. The fraction of sp³-hybridized carbons (Fsp3) is 0.500. The molecule has 0 bridgehead atoms. The van der Waals surface area contributed by atoms with Crippen LogP contribution in [0.1, 0.15) is 17.3 Å². The van der Waals surface area contributed by atoms with Crippen molar-refractivity contribution in [3.8, 4) is 5.75 Å². The average Bonchev–Trinajstić information content (AvgIpc) is 2.39. The molecule has 0 spiro atoms. The summed E-state index contributed by atoms with van der Waals surface area (Å²) in [7, 11) is 3.61. The molecule has 1 atom stereocenters. The summed E-state index contributed by atoms with van der Waals surface area (Å²) in [6.45, 7) is 2.59. The second-order valence-electron chi connectivity index (χ2n) is 4.37. The predicted octanol–water partition coefficient (Wildman–Crippen LogP) is 2.56. The number of carbonyl (C=O) groups is 1. The third kappa shape index (κ3) is 4.35. The largest absolute Gasteiger partial charge is 0.497 e. The molecule has 1 aromatic rings. The first-order valence-electron chi connectivity index (χ1n) is 5.95. The monoisotopic (exact) mass is 267 g/mol. The van der Waals surface area contributed by atoms with Crippen LogP contribution < -0.4 is 4.74 Å². The predicted molar refractivity (Wildman–Crippen MR) is 77.8 cm³/mol. The second-order valence-corrected chi connectivity index (χ2v) is 5.28. The molecule has 0 saturated carbocycles. The molecule has 0 aromatic heterocycles. The minimum Gasteiger partial charge on any atom is -0.497 e. The van der Waals surface area contributed by atoms with Crippen molar-refractivity contribution in [1.29, 1.82) is 0 Å². The van der Waals surface area contributed by atoms with Crippen molar-refractivity contribution in [2.75, 3.05) is 32.7 Å². The number of thioether (sulfide) groups is 1. The molecule has 0 heterocycles. The Morgan fingerprint density at radius 2 is 2.00 bits per heavy atom. The Labute approximate surface area is 114 Å². The van der Waals surface area contributed by atoms with E-state index in [-0.39, 0.29) is 5.78 Å². The molecule has 0 N–H and O–H groups in total. The number of nitrogens with zero attached hydrogens (tertiary/aromatic N) is 1. The van der Waals surface area contributed by atoms with Crippen LogP contribution >= 0.6 is 11.8 Å². The smallest absolute Gasteiger partial charge is 0.176 e. The number of benzene rings is 1. The van der Waals surface area contributed by atoms with Gasteiger partial charge < -0.3 is 4.74 Å². The van der Waals surface area contributed by atoms with Crippen LogP contribution in [-0.2, 0) is 0 Å². The lowest BCUT2D eigenvalue weighted by molar-refractivity contribution is 0.0931. The highest BCUT2D eigenvalue weighted by molar-refractivity contribution is 7.98. The van der Waals surface area contributed by atoms with Gasteiger partial charge in [-0.05, 0) is 44.5 Å². The Bertz CT molecular complexity index is 378. The fourth-order valence-corrected chi connectivity index (χ4v) is 2.36. The van der Waals surface area contributed by atoms with Gasteiger partial charge in [0.15, 0.2) is 5.78 Å². The van der Waals surface area contributed by atoms with Crippen molar-refractivity contribution in [2.45, 2.75) is 13.0 Å². The molecule has 18 heavy (non-hydrogen) atoms. The van der Waals surface area contributed by atoms with E-state index in [4.69, 9.17) is 4.74 Å². The van der Waals surface area contributed by atoms with Crippen LogP contribution in [0.15, 0.2) is 24.3 Å². The molecule has 0 amide bonds. The highest BCUT2D eigenvalue weighted by atomic mass is 32.2. The van der Waals surface area contributed by atoms with Crippen LogP contribution in [0, 0.1) is 0 Å². The average molecular weight is 267 g/mol. The lowest BCUT2D eigenvalue weighted by Crippen LogP contribution is -2.35. The van der Waals surface area contributed by atoms with E-state index in [0.29, 0.717) is 12.6 Å². The van der Waals surface area contributed by atoms with Crippen LogP contribution in [-0.4, -0.2) is 49.4 Å². The van der Waals surface area contributed by atoms with E-state index in [1.807, 2.05) is 31.3 Å². The Morgan fingerprint density at radius 1 is 1.39 bits per heavy atom. The van der Waals surface area contributed by atoms with E-state index in [0.717, 1.165) is 17.1 Å². The van der Waals surface area contributed by atoms with E-state index >= 15 is 0 Å². The van der Waals surface area contributed by atoms with E-state index in [9.17, 15) is 4.79 Å². The lowest BCUT2D eigenvalue weighted by Gasteiger charge is -2.23. The van der Waals surface area contributed by atoms with Crippen LogP contribution in [0.3, 0.4) is 0 Å². The highest BCUT2D eigenvalue weighted by Gasteiger charge is 2.14. The molecular weight excluding hydrogens is 246 g/mol. The zero-order chi connectivity index (χ0) is 13.5. The van der Waals surface area contributed by atoms with Gasteiger partial charge in [0.05, 0.1) is 13.7 Å². The maximum atomic E-state index is 12.1. The number of ether oxygens (including phenoxy) is 1. The van der Waals surface area contributed by atoms with E-state index in [1.54, 1.807) is 18.9 Å². The summed E-state index contributed by atoms with van der Waals surface area (Å²) in [6.07, 6.45) is 2.08. The molecular formula is C14H21NO2S. The zero-order valence-corrected chi connectivity index (χ0v) is 12.3. The van der Waals surface area contributed by atoms with Crippen LogP contribution in [0.2, 0.25) is 0 Å². The molecule has 0 aliphatic heterocycles. The van der Waals surface area contributed by atoms with Crippen molar-refractivity contribution in [3.05, 3.63) is 29.8 Å². The number of carbonyl (C=O) groups excluding carboxylic acids is 1. The van der Waals surface area contributed by atoms with Crippen molar-refractivity contribution in [2.24, 2.45) is 0 Å². The Hall–Kier alpha value is -1.00. The summed E-state index contributed by atoms with van der Waals surface area (Å²) in [6, 6.07) is 7.67. The van der Waals surface area contributed by atoms with E-state index in [1.165, 1.54) is 0 Å². The van der Waals surface area contributed by atoms with E-state index in [2.05, 4.69) is 18.1 Å². The number of ketones is 1. The SMILES string of the molecule is COc1ccc(C(=O)CN(C)C(C)CSC)cc1. The van der Waals surface area contributed by atoms with Gasteiger partial charge in [-0.25, -0.2) is 0 Å². The topological polar surface area (TPSA) is 29.5 Å². The molecule has 0 saturated heterocycles. The molecule has 100 valence electrons. The minimum atomic E-state index is 0.146. The highest BCUT2D eigenvalue weighted by Crippen LogP contribution is 2.12. The van der Waals surface area contributed by atoms with Gasteiger partial charge >= 0.3 is 0 Å². The Morgan fingerprint density at radius 3 is 2.50 bits per heavy atom. The number of rotatable bonds is 7. The first-order chi connectivity index (χ1) is 8.58. The molecule has 0 aliphatic carbocycles.